The molecule has 8 nitrogen and oxygen atoms in total. The van der Waals surface area contributed by atoms with Crippen LogP contribution in [0.2, 0.25) is 5.02 Å². The summed E-state index contributed by atoms with van der Waals surface area (Å²) in [5.41, 5.74) is 4.73. The van der Waals surface area contributed by atoms with E-state index in [1.54, 1.807) is 46.0 Å². The number of rotatable bonds is 9. The SMILES string of the molecule is Bc1c(C)c(C2CC(B)(B)NC(B)(B)C2)cc(OC(C)C)c1Nc1ncc(Cl)c(Nc2ccccc2S(=O)(=O)C(B)(C)C)n1. The first-order valence-electron chi connectivity index (χ1n) is 15.2. The molecule has 44 heavy (non-hydrogen) atoms. The maximum atomic E-state index is 13.3. The number of benzene rings is 2. The van der Waals surface area contributed by atoms with E-state index in [0.29, 0.717) is 17.6 Å². The van der Waals surface area contributed by atoms with Gasteiger partial charge in [0.1, 0.15) is 57.8 Å². The quantitative estimate of drug-likeness (QED) is 0.271. The molecule has 1 aliphatic rings. The van der Waals surface area contributed by atoms with Crippen molar-refractivity contribution in [1.29, 1.82) is 0 Å². The summed E-state index contributed by atoms with van der Waals surface area (Å²) in [7, 11) is 9.21. The summed E-state index contributed by atoms with van der Waals surface area (Å²) in [6, 6.07) is 8.94. The molecule has 0 unspecified atom stereocenters. The van der Waals surface area contributed by atoms with E-state index >= 15 is 0 Å². The molecule has 0 aliphatic carbocycles. The van der Waals surface area contributed by atoms with Gasteiger partial charge in [-0.15, -0.1) is 0 Å². The van der Waals surface area contributed by atoms with Crippen LogP contribution in [-0.2, 0) is 9.84 Å². The molecule has 0 bridgehead atoms. The van der Waals surface area contributed by atoms with E-state index < -0.39 is 14.5 Å². The summed E-state index contributed by atoms with van der Waals surface area (Å²) in [4.78, 5) is 9.29. The Morgan fingerprint density at radius 2 is 1.73 bits per heavy atom. The van der Waals surface area contributed by atoms with Gasteiger partial charge in [0.15, 0.2) is 15.7 Å². The highest BCUT2D eigenvalue weighted by atomic mass is 35.5. The van der Waals surface area contributed by atoms with Crippen molar-refractivity contribution in [1.82, 2.24) is 15.3 Å². The van der Waals surface area contributed by atoms with Gasteiger partial charge < -0.3 is 20.7 Å². The first-order chi connectivity index (χ1) is 20.2. The Balaban J connectivity index is 1.73. The Labute approximate surface area is 273 Å². The van der Waals surface area contributed by atoms with Crippen molar-refractivity contribution in [2.45, 2.75) is 79.7 Å². The largest absolute Gasteiger partial charge is 0.489 e. The van der Waals surface area contributed by atoms with Crippen molar-refractivity contribution in [3.05, 3.63) is 52.7 Å². The maximum Gasteiger partial charge on any atom is 0.229 e. The van der Waals surface area contributed by atoms with Crippen molar-refractivity contribution in [3.63, 3.8) is 0 Å². The highest BCUT2D eigenvalue weighted by Crippen LogP contribution is 2.40. The topological polar surface area (TPSA) is 105 Å². The molecule has 0 atom stereocenters. The van der Waals surface area contributed by atoms with Crippen molar-refractivity contribution in [3.8, 4) is 5.75 Å². The average Bonchev–Trinajstić information content (AvgIpc) is 2.87. The molecule has 1 aliphatic heterocycles. The number of anilines is 4. The number of nitrogens with zero attached hydrogens (tertiary/aromatic N) is 2. The van der Waals surface area contributed by atoms with E-state index in [-0.39, 0.29) is 32.5 Å². The molecule has 1 fully saturated rings. The molecule has 0 amide bonds. The van der Waals surface area contributed by atoms with Crippen LogP contribution in [0.3, 0.4) is 0 Å². The lowest BCUT2D eigenvalue weighted by Gasteiger charge is -2.48. The zero-order chi connectivity index (χ0) is 32.8. The van der Waals surface area contributed by atoms with E-state index in [9.17, 15) is 8.42 Å². The van der Waals surface area contributed by atoms with E-state index in [4.69, 9.17) is 16.3 Å². The molecule has 3 N–H and O–H groups in total. The van der Waals surface area contributed by atoms with Gasteiger partial charge in [-0.2, -0.15) is 4.98 Å². The fourth-order valence-corrected chi connectivity index (χ4v) is 7.73. The molecule has 2 heterocycles. The summed E-state index contributed by atoms with van der Waals surface area (Å²) in [5, 5.41) is 10.6. The molecular weight excluding hydrogens is 587 g/mol. The summed E-state index contributed by atoms with van der Waals surface area (Å²) in [6.45, 7) is 9.55. The molecule has 1 aromatic heterocycles. The first-order valence-corrected chi connectivity index (χ1v) is 17.1. The van der Waals surface area contributed by atoms with Gasteiger partial charge in [0.05, 0.1) is 28.6 Å². The molecule has 16 heteroatoms. The smallest absolute Gasteiger partial charge is 0.229 e. The van der Waals surface area contributed by atoms with E-state index in [0.717, 1.165) is 29.7 Å². The van der Waals surface area contributed by atoms with Crippen LogP contribution in [0.5, 0.6) is 5.75 Å². The molecule has 0 spiro atoms. The average molecular weight is 629 g/mol. The van der Waals surface area contributed by atoms with Crippen molar-refractivity contribution in [2.75, 3.05) is 10.6 Å². The second-order valence-corrected chi connectivity index (χ2v) is 17.6. The van der Waals surface area contributed by atoms with Crippen LogP contribution < -0.4 is 26.2 Å². The fraction of sp³-hybridized carbons (Fsp3) is 0.429. The maximum absolute atomic E-state index is 13.3. The normalized spacial score (nSPS) is 16.9. The second kappa shape index (κ2) is 12.4. The number of halogens is 1. The third kappa shape index (κ3) is 7.48. The number of ether oxygens (including phenoxy) is 1. The van der Waals surface area contributed by atoms with Crippen LogP contribution in [0.4, 0.5) is 23.1 Å². The van der Waals surface area contributed by atoms with Gasteiger partial charge >= 0.3 is 0 Å². The third-order valence-electron chi connectivity index (χ3n) is 8.11. The lowest BCUT2D eigenvalue weighted by Crippen LogP contribution is -2.64. The third-order valence-corrected chi connectivity index (χ3v) is 10.9. The van der Waals surface area contributed by atoms with Crippen LogP contribution in [0.1, 0.15) is 57.6 Å². The van der Waals surface area contributed by atoms with Gasteiger partial charge in [0, 0.05) is 4.65 Å². The van der Waals surface area contributed by atoms with Crippen molar-refractivity contribution < 1.29 is 13.2 Å². The molecule has 0 radical (unpaired) electrons. The summed E-state index contributed by atoms with van der Waals surface area (Å²) in [6.07, 6.45) is 3.49. The Morgan fingerprint density at radius 1 is 1.11 bits per heavy atom. The van der Waals surface area contributed by atoms with Crippen LogP contribution in [-0.4, -0.2) is 86.9 Å². The molecular formula is C28H42B6ClN5O3S. The standard InChI is InChI=1S/C28H42B6ClN5O3S/c1-14(2)43-20-10-17(16-11-27(31,32)40-28(33,34)12-16)15(3)22(29)23(20)38-25-36-13-18(35)24(39-25)37-19-8-6-7-9-21(19)44(41,42)26(4,5)30/h6-10,13-14,16,40H,11-12,29-34H2,1-5H3,(H2,36,37,38,39). The van der Waals surface area contributed by atoms with Gasteiger partial charge in [-0.1, -0.05) is 48.6 Å². The predicted molar refractivity (Wildman–Crippen MR) is 200 cm³/mol. The Kier molecular flexibility index (Phi) is 9.66. The zero-order valence-electron chi connectivity index (χ0n) is 27.9. The number of hydrogen-bond donors (Lipinski definition) is 3. The number of piperidine rings is 1. The van der Waals surface area contributed by atoms with Gasteiger partial charge in [-0.25, -0.2) is 13.4 Å². The fourth-order valence-electron chi connectivity index (χ4n) is 6.27. The molecule has 228 valence electrons. The number of sulfone groups is 1. The van der Waals surface area contributed by atoms with Gasteiger partial charge in [0.2, 0.25) is 5.95 Å². The van der Waals surface area contributed by atoms with E-state index in [2.05, 4.69) is 78.1 Å². The van der Waals surface area contributed by atoms with Gasteiger partial charge in [-0.05, 0) is 74.0 Å². The molecule has 0 saturated carbocycles. The predicted octanol–water partition coefficient (Wildman–Crippen LogP) is -0.579. The Hall–Kier alpha value is -2.49. The highest BCUT2D eigenvalue weighted by Gasteiger charge is 2.39. The summed E-state index contributed by atoms with van der Waals surface area (Å²) in [5.74, 6) is 1.70. The van der Waals surface area contributed by atoms with E-state index in [1.165, 1.54) is 17.3 Å². The lowest BCUT2D eigenvalue weighted by atomic mass is 9.46. The highest BCUT2D eigenvalue weighted by molar-refractivity contribution is 7.94. The summed E-state index contributed by atoms with van der Waals surface area (Å²) < 4.78 is 32.1. The van der Waals surface area contributed by atoms with Crippen LogP contribution in [0, 0.1) is 6.92 Å². The van der Waals surface area contributed by atoms with Crippen LogP contribution in [0.15, 0.2) is 41.4 Å². The zero-order valence-corrected chi connectivity index (χ0v) is 29.5. The molecule has 4 rings (SSSR count). The van der Waals surface area contributed by atoms with Crippen molar-refractivity contribution in [2.24, 2.45) is 0 Å². The Morgan fingerprint density at radius 3 is 2.32 bits per heavy atom. The Bertz CT molecular complexity index is 1650. The molecule has 2 aromatic carbocycles. The molecule has 3 aromatic rings. The monoisotopic (exact) mass is 629 g/mol. The van der Waals surface area contributed by atoms with Gasteiger partial charge in [-0.3, -0.25) is 0 Å². The summed E-state index contributed by atoms with van der Waals surface area (Å²) >= 11 is 6.52. The van der Waals surface area contributed by atoms with E-state index in [1.807, 2.05) is 13.8 Å². The number of aromatic nitrogens is 2. The number of para-hydroxylation sites is 1. The minimum atomic E-state index is -3.64. The lowest BCUT2D eigenvalue weighted by molar-refractivity contribution is 0.243. The number of hydrogen-bond acceptors (Lipinski definition) is 8. The van der Waals surface area contributed by atoms with Crippen LogP contribution in [0.25, 0.3) is 0 Å². The second-order valence-electron chi connectivity index (χ2n) is 14.5. The first kappa shape index (κ1) is 34.4. The number of nitrogens with one attached hydrogen (secondary N) is 3. The van der Waals surface area contributed by atoms with Crippen molar-refractivity contribution >= 4 is 97.1 Å². The molecule has 1 saturated heterocycles. The van der Waals surface area contributed by atoms with Gasteiger partial charge in [0.25, 0.3) is 0 Å². The minimum absolute atomic E-state index is 0.00807. The minimum Gasteiger partial charge on any atom is -0.489 e. The van der Waals surface area contributed by atoms with Crippen LogP contribution >= 0.6 is 11.6 Å².